The van der Waals surface area contributed by atoms with Gasteiger partial charge in [0, 0.05) is 26.3 Å². The molecule has 0 aliphatic rings. The van der Waals surface area contributed by atoms with Crippen LogP contribution in [0.1, 0.15) is 6.92 Å². The predicted molar refractivity (Wildman–Crippen MR) is 66.2 cm³/mol. The average Bonchev–Trinajstić information content (AvgIpc) is 2.30. The molecular weight excluding hydrogens is 245 g/mol. The summed E-state index contributed by atoms with van der Waals surface area (Å²) >= 11 is 5.58. The smallest absolute Gasteiger partial charge is 0.145 e. The van der Waals surface area contributed by atoms with Crippen LogP contribution in [0.15, 0.2) is 18.2 Å². The molecule has 0 heterocycles. The molecule has 1 unspecified atom stereocenters. The molecule has 17 heavy (non-hydrogen) atoms. The van der Waals surface area contributed by atoms with Gasteiger partial charge in [0.25, 0.3) is 0 Å². The van der Waals surface area contributed by atoms with Crippen LogP contribution in [-0.4, -0.2) is 32.9 Å². The van der Waals surface area contributed by atoms with Gasteiger partial charge in [0.15, 0.2) is 0 Å². The molecule has 0 amide bonds. The first-order valence-electron chi connectivity index (χ1n) is 5.45. The molecule has 0 fully saturated rings. The molecule has 3 nitrogen and oxygen atoms in total. The molecule has 1 atom stereocenters. The van der Waals surface area contributed by atoms with E-state index in [0.717, 1.165) is 6.54 Å². The zero-order valence-electron chi connectivity index (χ0n) is 10.0. The summed E-state index contributed by atoms with van der Waals surface area (Å²) in [6.45, 7) is 4.00. The molecule has 1 N–H and O–H groups in total. The lowest BCUT2D eigenvalue weighted by Gasteiger charge is -2.15. The quantitative estimate of drug-likeness (QED) is 0.765. The molecule has 0 aliphatic heterocycles. The third kappa shape index (κ3) is 5.35. The lowest BCUT2D eigenvalue weighted by atomic mass is 10.3. The number of ether oxygens (including phenoxy) is 2. The highest BCUT2D eigenvalue weighted by atomic mass is 35.5. The molecular formula is C12H17ClFNO2. The maximum Gasteiger partial charge on any atom is 0.145 e. The highest BCUT2D eigenvalue weighted by Gasteiger charge is 2.06. The first-order valence-corrected chi connectivity index (χ1v) is 5.82. The SMILES string of the molecule is COCCNCC(C)Oc1ccc(Cl)c(F)c1. The number of nitrogens with one attached hydrogen (secondary N) is 1. The Kier molecular flexibility index (Phi) is 6.26. The van der Waals surface area contributed by atoms with Crippen LogP contribution in [0.2, 0.25) is 5.02 Å². The van der Waals surface area contributed by atoms with Gasteiger partial charge in [0.1, 0.15) is 17.7 Å². The topological polar surface area (TPSA) is 30.5 Å². The van der Waals surface area contributed by atoms with Gasteiger partial charge in [-0.05, 0) is 19.1 Å². The Hall–Kier alpha value is -0.840. The van der Waals surface area contributed by atoms with Gasteiger partial charge in [-0.1, -0.05) is 11.6 Å². The van der Waals surface area contributed by atoms with Crippen molar-refractivity contribution < 1.29 is 13.9 Å². The van der Waals surface area contributed by atoms with Crippen molar-refractivity contribution in [1.29, 1.82) is 0 Å². The van der Waals surface area contributed by atoms with Gasteiger partial charge < -0.3 is 14.8 Å². The number of rotatable bonds is 7. The highest BCUT2D eigenvalue weighted by molar-refractivity contribution is 6.30. The lowest BCUT2D eigenvalue weighted by Crippen LogP contribution is -2.31. The van der Waals surface area contributed by atoms with Crippen LogP contribution >= 0.6 is 11.6 Å². The molecule has 0 aromatic heterocycles. The largest absolute Gasteiger partial charge is 0.489 e. The summed E-state index contributed by atoms with van der Waals surface area (Å²) in [7, 11) is 1.65. The van der Waals surface area contributed by atoms with Crippen molar-refractivity contribution in [3.05, 3.63) is 29.0 Å². The van der Waals surface area contributed by atoms with Crippen molar-refractivity contribution in [2.75, 3.05) is 26.8 Å². The monoisotopic (exact) mass is 261 g/mol. The van der Waals surface area contributed by atoms with E-state index in [9.17, 15) is 4.39 Å². The number of hydrogen-bond donors (Lipinski definition) is 1. The minimum absolute atomic E-state index is 0.0487. The van der Waals surface area contributed by atoms with Crippen LogP contribution in [-0.2, 0) is 4.74 Å². The van der Waals surface area contributed by atoms with Crippen LogP contribution in [0.5, 0.6) is 5.75 Å². The summed E-state index contributed by atoms with van der Waals surface area (Å²) in [6.07, 6.45) is -0.0487. The molecule has 0 bridgehead atoms. The Balaban J connectivity index is 2.34. The highest BCUT2D eigenvalue weighted by Crippen LogP contribution is 2.21. The van der Waals surface area contributed by atoms with Crippen LogP contribution in [0.4, 0.5) is 4.39 Å². The van der Waals surface area contributed by atoms with Crippen LogP contribution in [0, 0.1) is 5.82 Å². The minimum atomic E-state index is -0.469. The van der Waals surface area contributed by atoms with E-state index in [-0.39, 0.29) is 11.1 Å². The van der Waals surface area contributed by atoms with E-state index in [0.29, 0.717) is 18.9 Å². The molecule has 1 aromatic carbocycles. The molecule has 1 aromatic rings. The van der Waals surface area contributed by atoms with Crippen LogP contribution in [0.25, 0.3) is 0 Å². The molecule has 5 heteroatoms. The molecule has 1 rings (SSSR count). The maximum atomic E-state index is 13.1. The standard InChI is InChI=1S/C12H17ClFNO2/c1-9(8-15-5-6-16-2)17-10-3-4-11(13)12(14)7-10/h3-4,7,9,15H,5-6,8H2,1-2H3. The number of hydrogen-bond acceptors (Lipinski definition) is 3. The fraction of sp³-hybridized carbons (Fsp3) is 0.500. The zero-order chi connectivity index (χ0) is 12.7. The van der Waals surface area contributed by atoms with E-state index in [1.54, 1.807) is 13.2 Å². The van der Waals surface area contributed by atoms with Crippen molar-refractivity contribution in [3.63, 3.8) is 0 Å². The van der Waals surface area contributed by atoms with Gasteiger partial charge in [-0.25, -0.2) is 4.39 Å². The van der Waals surface area contributed by atoms with E-state index in [1.807, 2.05) is 6.92 Å². The number of methoxy groups -OCH3 is 1. The fourth-order valence-corrected chi connectivity index (χ4v) is 1.42. The van der Waals surface area contributed by atoms with E-state index in [1.165, 1.54) is 12.1 Å². The Morgan fingerprint density at radius 3 is 2.88 bits per heavy atom. The van der Waals surface area contributed by atoms with Gasteiger partial charge >= 0.3 is 0 Å². The Morgan fingerprint density at radius 1 is 1.47 bits per heavy atom. The van der Waals surface area contributed by atoms with Crippen molar-refractivity contribution in [2.45, 2.75) is 13.0 Å². The first kappa shape index (κ1) is 14.2. The number of benzene rings is 1. The molecule has 0 radical (unpaired) electrons. The first-order chi connectivity index (χ1) is 8.13. The fourth-order valence-electron chi connectivity index (χ4n) is 1.30. The summed E-state index contributed by atoms with van der Waals surface area (Å²) in [4.78, 5) is 0. The van der Waals surface area contributed by atoms with Gasteiger partial charge in [0.05, 0.1) is 11.6 Å². The minimum Gasteiger partial charge on any atom is -0.489 e. The molecule has 0 spiro atoms. The molecule has 0 aliphatic carbocycles. The van der Waals surface area contributed by atoms with Crippen molar-refractivity contribution in [3.8, 4) is 5.75 Å². The summed E-state index contributed by atoms with van der Waals surface area (Å²) in [5.41, 5.74) is 0. The third-order valence-electron chi connectivity index (χ3n) is 2.14. The molecule has 0 saturated carbocycles. The van der Waals surface area contributed by atoms with E-state index in [2.05, 4.69) is 5.32 Å². The van der Waals surface area contributed by atoms with Gasteiger partial charge in [0.2, 0.25) is 0 Å². The van der Waals surface area contributed by atoms with Gasteiger partial charge in [-0.15, -0.1) is 0 Å². The van der Waals surface area contributed by atoms with E-state index < -0.39 is 5.82 Å². The lowest BCUT2D eigenvalue weighted by molar-refractivity contribution is 0.184. The summed E-state index contributed by atoms with van der Waals surface area (Å²) in [5.74, 6) is 0.0108. The van der Waals surface area contributed by atoms with Crippen molar-refractivity contribution in [1.82, 2.24) is 5.32 Å². The molecule has 0 saturated heterocycles. The Morgan fingerprint density at radius 2 is 2.24 bits per heavy atom. The average molecular weight is 262 g/mol. The summed E-state index contributed by atoms with van der Waals surface area (Å²) in [5, 5.41) is 3.26. The third-order valence-corrected chi connectivity index (χ3v) is 2.45. The van der Waals surface area contributed by atoms with Crippen LogP contribution < -0.4 is 10.1 Å². The Labute approximate surface area is 106 Å². The zero-order valence-corrected chi connectivity index (χ0v) is 10.8. The van der Waals surface area contributed by atoms with Crippen LogP contribution in [0.3, 0.4) is 0 Å². The summed E-state index contributed by atoms with van der Waals surface area (Å²) < 4.78 is 23.6. The summed E-state index contributed by atoms with van der Waals surface area (Å²) in [6, 6.07) is 4.42. The molecule has 96 valence electrons. The van der Waals surface area contributed by atoms with E-state index >= 15 is 0 Å². The van der Waals surface area contributed by atoms with Gasteiger partial charge in [-0.3, -0.25) is 0 Å². The number of halogens is 2. The van der Waals surface area contributed by atoms with Crippen molar-refractivity contribution >= 4 is 11.6 Å². The predicted octanol–water partition coefficient (Wildman–Crippen LogP) is 2.48. The van der Waals surface area contributed by atoms with Crippen molar-refractivity contribution in [2.24, 2.45) is 0 Å². The second-order valence-corrected chi connectivity index (χ2v) is 4.11. The maximum absolute atomic E-state index is 13.1. The van der Waals surface area contributed by atoms with E-state index in [4.69, 9.17) is 21.1 Å². The van der Waals surface area contributed by atoms with Gasteiger partial charge in [-0.2, -0.15) is 0 Å². The second kappa shape index (κ2) is 7.48. The second-order valence-electron chi connectivity index (χ2n) is 3.70. The normalized spacial score (nSPS) is 12.5. The Bertz CT molecular complexity index is 349.